The van der Waals surface area contributed by atoms with Gasteiger partial charge in [-0.2, -0.15) is 0 Å². The van der Waals surface area contributed by atoms with Crippen LogP contribution in [0.15, 0.2) is 30.3 Å². The third-order valence-corrected chi connectivity index (χ3v) is 2.48. The van der Waals surface area contributed by atoms with Crippen LogP contribution in [0.2, 0.25) is 0 Å². The SMILES string of the molecule is CN(C)C(=O)CNC(=S)NCc1ccccc1. The van der Waals surface area contributed by atoms with Crippen LogP contribution in [0.5, 0.6) is 0 Å². The van der Waals surface area contributed by atoms with Crippen LogP contribution < -0.4 is 10.6 Å². The van der Waals surface area contributed by atoms with Gasteiger partial charge in [0.05, 0.1) is 6.54 Å². The van der Waals surface area contributed by atoms with E-state index in [1.54, 1.807) is 14.1 Å². The van der Waals surface area contributed by atoms with Crippen LogP contribution in [0.25, 0.3) is 0 Å². The Morgan fingerprint density at radius 2 is 1.88 bits per heavy atom. The number of amides is 1. The van der Waals surface area contributed by atoms with E-state index in [-0.39, 0.29) is 12.5 Å². The normalized spacial score (nSPS) is 9.53. The maximum absolute atomic E-state index is 11.3. The van der Waals surface area contributed by atoms with Crippen molar-refractivity contribution >= 4 is 23.2 Å². The molecule has 0 saturated heterocycles. The molecule has 4 nitrogen and oxygen atoms in total. The van der Waals surface area contributed by atoms with E-state index in [1.165, 1.54) is 4.90 Å². The molecule has 2 N–H and O–H groups in total. The molecule has 1 amide bonds. The number of likely N-dealkylation sites (N-methyl/N-ethyl adjacent to an activating group) is 1. The molecule has 92 valence electrons. The van der Waals surface area contributed by atoms with Crippen molar-refractivity contribution in [1.29, 1.82) is 0 Å². The van der Waals surface area contributed by atoms with Crippen LogP contribution in [-0.2, 0) is 11.3 Å². The van der Waals surface area contributed by atoms with Crippen molar-refractivity contribution in [3.8, 4) is 0 Å². The van der Waals surface area contributed by atoms with Gasteiger partial charge in [0.1, 0.15) is 0 Å². The molecular weight excluding hydrogens is 234 g/mol. The summed E-state index contributed by atoms with van der Waals surface area (Å²) in [4.78, 5) is 12.8. The fourth-order valence-electron chi connectivity index (χ4n) is 1.15. The molecule has 0 bridgehead atoms. The quantitative estimate of drug-likeness (QED) is 0.775. The topological polar surface area (TPSA) is 44.4 Å². The Morgan fingerprint density at radius 1 is 1.24 bits per heavy atom. The molecule has 0 atom stereocenters. The lowest BCUT2D eigenvalue weighted by molar-refractivity contribution is -0.127. The number of thiocarbonyl (C=S) groups is 1. The number of hydrogen-bond donors (Lipinski definition) is 2. The highest BCUT2D eigenvalue weighted by Gasteiger charge is 2.03. The van der Waals surface area contributed by atoms with Gasteiger partial charge in [0.15, 0.2) is 5.11 Å². The van der Waals surface area contributed by atoms with Crippen LogP contribution in [0, 0.1) is 0 Å². The lowest BCUT2D eigenvalue weighted by Crippen LogP contribution is -2.41. The van der Waals surface area contributed by atoms with Gasteiger partial charge in [-0.1, -0.05) is 30.3 Å². The van der Waals surface area contributed by atoms with E-state index >= 15 is 0 Å². The zero-order valence-corrected chi connectivity index (χ0v) is 10.9. The van der Waals surface area contributed by atoms with Gasteiger partial charge in [-0.05, 0) is 17.8 Å². The second kappa shape index (κ2) is 6.85. The predicted octanol–water partition coefficient (Wildman–Crippen LogP) is 0.739. The molecular formula is C12H17N3OS. The van der Waals surface area contributed by atoms with Gasteiger partial charge in [0.25, 0.3) is 0 Å². The maximum Gasteiger partial charge on any atom is 0.241 e. The molecule has 1 rings (SSSR count). The zero-order chi connectivity index (χ0) is 12.7. The summed E-state index contributed by atoms with van der Waals surface area (Å²) < 4.78 is 0. The number of nitrogens with zero attached hydrogens (tertiary/aromatic N) is 1. The van der Waals surface area contributed by atoms with Crippen molar-refractivity contribution in [1.82, 2.24) is 15.5 Å². The second-order valence-electron chi connectivity index (χ2n) is 3.81. The van der Waals surface area contributed by atoms with Crippen LogP contribution in [-0.4, -0.2) is 36.6 Å². The van der Waals surface area contributed by atoms with Gasteiger partial charge in [0, 0.05) is 20.6 Å². The van der Waals surface area contributed by atoms with Gasteiger partial charge in [0.2, 0.25) is 5.91 Å². The highest BCUT2D eigenvalue weighted by molar-refractivity contribution is 7.80. The molecule has 1 aromatic rings. The van der Waals surface area contributed by atoms with E-state index in [9.17, 15) is 4.79 Å². The first-order valence-electron chi connectivity index (χ1n) is 5.35. The summed E-state index contributed by atoms with van der Waals surface area (Å²) in [6.07, 6.45) is 0. The van der Waals surface area contributed by atoms with Crippen molar-refractivity contribution in [3.63, 3.8) is 0 Å². The van der Waals surface area contributed by atoms with Crippen LogP contribution in [0.3, 0.4) is 0 Å². The van der Waals surface area contributed by atoms with Crippen molar-refractivity contribution in [3.05, 3.63) is 35.9 Å². The molecule has 0 unspecified atom stereocenters. The minimum atomic E-state index is -0.00568. The standard InChI is InChI=1S/C12H17N3OS/c1-15(2)11(16)9-14-12(17)13-8-10-6-4-3-5-7-10/h3-7H,8-9H2,1-2H3,(H2,13,14,17). The van der Waals surface area contributed by atoms with E-state index in [2.05, 4.69) is 10.6 Å². The summed E-state index contributed by atoms with van der Waals surface area (Å²) in [7, 11) is 3.43. The second-order valence-corrected chi connectivity index (χ2v) is 4.22. The highest BCUT2D eigenvalue weighted by Crippen LogP contribution is 1.96. The Labute approximate surface area is 107 Å². The summed E-state index contributed by atoms with van der Waals surface area (Å²) in [6, 6.07) is 9.95. The monoisotopic (exact) mass is 251 g/mol. The lowest BCUT2D eigenvalue weighted by Gasteiger charge is -2.13. The molecule has 0 fully saturated rings. The van der Waals surface area contributed by atoms with Gasteiger partial charge in [-0.25, -0.2) is 0 Å². The Hall–Kier alpha value is -1.62. The van der Waals surface area contributed by atoms with Crippen LogP contribution in [0.1, 0.15) is 5.56 Å². The summed E-state index contributed by atoms with van der Waals surface area (Å²) in [6.45, 7) is 0.871. The smallest absolute Gasteiger partial charge is 0.241 e. The molecule has 0 heterocycles. The van der Waals surface area contributed by atoms with Crippen molar-refractivity contribution in [2.75, 3.05) is 20.6 Å². The first kappa shape index (κ1) is 13.4. The molecule has 1 aromatic carbocycles. The first-order chi connectivity index (χ1) is 8.09. The van der Waals surface area contributed by atoms with Gasteiger partial charge < -0.3 is 15.5 Å². The molecule has 0 saturated carbocycles. The molecule has 5 heteroatoms. The maximum atomic E-state index is 11.3. The van der Waals surface area contributed by atoms with E-state index in [0.717, 1.165) is 5.56 Å². The Bertz CT molecular complexity index is 379. The number of carbonyl (C=O) groups excluding carboxylic acids is 1. The fraction of sp³-hybridized carbons (Fsp3) is 0.333. The Morgan fingerprint density at radius 3 is 2.47 bits per heavy atom. The Kier molecular flexibility index (Phi) is 5.42. The minimum absolute atomic E-state index is 0.00568. The van der Waals surface area contributed by atoms with Crippen molar-refractivity contribution in [2.24, 2.45) is 0 Å². The fourth-order valence-corrected chi connectivity index (χ4v) is 1.30. The molecule has 0 radical (unpaired) electrons. The molecule has 0 aliphatic heterocycles. The van der Waals surface area contributed by atoms with Crippen molar-refractivity contribution < 1.29 is 4.79 Å². The van der Waals surface area contributed by atoms with E-state index in [1.807, 2.05) is 30.3 Å². The molecule has 0 aromatic heterocycles. The van der Waals surface area contributed by atoms with Gasteiger partial charge >= 0.3 is 0 Å². The number of benzene rings is 1. The first-order valence-corrected chi connectivity index (χ1v) is 5.76. The number of hydrogen-bond acceptors (Lipinski definition) is 2. The largest absolute Gasteiger partial charge is 0.359 e. The number of carbonyl (C=O) groups is 1. The summed E-state index contributed by atoms with van der Waals surface area (Å²) >= 11 is 5.07. The van der Waals surface area contributed by atoms with Crippen molar-refractivity contribution in [2.45, 2.75) is 6.54 Å². The number of rotatable bonds is 4. The average Bonchev–Trinajstić information content (AvgIpc) is 2.34. The summed E-state index contributed by atoms with van der Waals surface area (Å²) in [5.74, 6) is -0.00568. The number of nitrogens with one attached hydrogen (secondary N) is 2. The van der Waals surface area contributed by atoms with E-state index in [0.29, 0.717) is 11.7 Å². The molecule has 0 aliphatic rings. The van der Waals surface area contributed by atoms with Gasteiger partial charge in [-0.15, -0.1) is 0 Å². The zero-order valence-electron chi connectivity index (χ0n) is 10.1. The Balaban J connectivity index is 2.24. The van der Waals surface area contributed by atoms with E-state index < -0.39 is 0 Å². The van der Waals surface area contributed by atoms with E-state index in [4.69, 9.17) is 12.2 Å². The summed E-state index contributed by atoms with van der Waals surface area (Å²) in [5, 5.41) is 6.40. The predicted molar refractivity (Wildman–Crippen MR) is 72.6 cm³/mol. The third kappa shape index (κ3) is 5.31. The van der Waals surface area contributed by atoms with Crippen LogP contribution in [0.4, 0.5) is 0 Å². The van der Waals surface area contributed by atoms with Gasteiger partial charge in [-0.3, -0.25) is 4.79 Å². The lowest BCUT2D eigenvalue weighted by atomic mass is 10.2. The molecule has 0 spiro atoms. The highest BCUT2D eigenvalue weighted by atomic mass is 32.1. The minimum Gasteiger partial charge on any atom is -0.359 e. The average molecular weight is 251 g/mol. The van der Waals surface area contributed by atoms with Crippen LogP contribution >= 0.6 is 12.2 Å². The molecule has 0 aliphatic carbocycles. The third-order valence-electron chi connectivity index (χ3n) is 2.19. The summed E-state index contributed by atoms with van der Waals surface area (Å²) in [5.41, 5.74) is 1.15. The molecule has 17 heavy (non-hydrogen) atoms.